The first kappa shape index (κ1) is 21.2. The van der Waals surface area contributed by atoms with Gasteiger partial charge in [0, 0.05) is 17.5 Å². The molecule has 0 spiro atoms. The number of ether oxygens (including phenoxy) is 1. The minimum absolute atomic E-state index is 0.0960. The number of aromatic nitrogens is 2. The van der Waals surface area contributed by atoms with Gasteiger partial charge in [0.15, 0.2) is 5.69 Å². The zero-order valence-electron chi connectivity index (χ0n) is 17.0. The molecule has 1 aromatic heterocycles. The van der Waals surface area contributed by atoms with Gasteiger partial charge in [0.05, 0.1) is 34.6 Å². The molecule has 1 aromatic carbocycles. The summed E-state index contributed by atoms with van der Waals surface area (Å²) in [5.41, 5.74) is 2.73. The molecule has 1 amide bonds. The van der Waals surface area contributed by atoms with E-state index in [9.17, 15) is 4.79 Å². The van der Waals surface area contributed by atoms with E-state index < -0.39 is 0 Å². The zero-order chi connectivity index (χ0) is 20.7. The van der Waals surface area contributed by atoms with Gasteiger partial charge in [-0.1, -0.05) is 44.0 Å². The lowest BCUT2D eigenvalue weighted by molar-refractivity contribution is 0.0867. The van der Waals surface area contributed by atoms with E-state index in [1.165, 1.54) is 0 Å². The third-order valence-electron chi connectivity index (χ3n) is 4.61. The first-order valence-corrected chi connectivity index (χ1v) is 10.2. The highest BCUT2D eigenvalue weighted by Crippen LogP contribution is 2.30. The molecule has 2 heterocycles. The van der Waals surface area contributed by atoms with Gasteiger partial charge in [-0.2, -0.15) is 5.10 Å². The number of rotatable bonds is 4. The van der Waals surface area contributed by atoms with Crippen LogP contribution < -0.4 is 5.32 Å². The number of carbonyl (C=O) groups excluding carboxylic acids is 1. The number of nitrogens with one attached hydrogen (secondary N) is 1. The summed E-state index contributed by atoms with van der Waals surface area (Å²) in [6.07, 6.45) is 1.53. The molecule has 1 aliphatic rings. The van der Waals surface area contributed by atoms with Crippen LogP contribution in [0.4, 0.5) is 0 Å². The van der Waals surface area contributed by atoms with Gasteiger partial charge in [-0.15, -0.1) is 0 Å². The molecule has 0 aliphatic carbocycles. The molecule has 152 valence electrons. The molecule has 1 N–H and O–H groups in total. The van der Waals surface area contributed by atoms with E-state index in [1.807, 2.05) is 19.9 Å². The van der Waals surface area contributed by atoms with Gasteiger partial charge in [0.2, 0.25) is 0 Å². The van der Waals surface area contributed by atoms with Crippen molar-refractivity contribution < 1.29 is 9.53 Å². The summed E-state index contributed by atoms with van der Waals surface area (Å²) in [6, 6.07) is 5.35. The molecular weight excluding hydrogens is 397 g/mol. The molecule has 28 heavy (non-hydrogen) atoms. The second-order valence-corrected chi connectivity index (χ2v) is 9.98. The summed E-state index contributed by atoms with van der Waals surface area (Å²) in [6.45, 7) is 11.5. The van der Waals surface area contributed by atoms with Crippen molar-refractivity contribution >= 4 is 29.1 Å². The lowest BCUT2D eigenvalue weighted by Gasteiger charge is -2.33. The SMILES string of the molecule is CC(C)(C)CC(C)(C)NC(=O)c1nn(-c2ccc(Cl)c(Cl)c2)c2c1COCC2. The molecule has 5 nitrogen and oxygen atoms in total. The second-order valence-electron chi connectivity index (χ2n) is 9.16. The fourth-order valence-corrected chi connectivity index (χ4v) is 4.28. The van der Waals surface area contributed by atoms with Crippen LogP contribution in [0.15, 0.2) is 18.2 Å². The highest BCUT2D eigenvalue weighted by atomic mass is 35.5. The molecule has 0 atom stereocenters. The standard InChI is InChI=1S/C21H27Cl2N3O2/c1-20(2,3)12-21(4,5)24-19(27)18-14-11-28-9-8-17(14)26(25-18)13-6-7-15(22)16(23)10-13/h6-7,10H,8-9,11-12H2,1-5H3,(H,24,27). The van der Waals surface area contributed by atoms with E-state index in [1.54, 1.807) is 16.8 Å². The minimum Gasteiger partial charge on any atom is -0.376 e. The van der Waals surface area contributed by atoms with Crippen LogP contribution in [0.2, 0.25) is 10.0 Å². The lowest BCUT2D eigenvalue weighted by Crippen LogP contribution is -2.46. The number of carbonyl (C=O) groups is 1. The summed E-state index contributed by atoms with van der Waals surface area (Å²) >= 11 is 12.2. The summed E-state index contributed by atoms with van der Waals surface area (Å²) in [4.78, 5) is 13.1. The summed E-state index contributed by atoms with van der Waals surface area (Å²) in [5, 5.41) is 8.72. The largest absolute Gasteiger partial charge is 0.376 e. The van der Waals surface area contributed by atoms with Gasteiger partial charge in [-0.05, 0) is 43.9 Å². The van der Waals surface area contributed by atoms with Crippen molar-refractivity contribution in [3.63, 3.8) is 0 Å². The van der Waals surface area contributed by atoms with Crippen LogP contribution in [0.3, 0.4) is 0 Å². The normalized spacial score (nSPS) is 14.7. The first-order valence-electron chi connectivity index (χ1n) is 9.43. The molecule has 3 rings (SSSR count). The van der Waals surface area contributed by atoms with Crippen molar-refractivity contribution in [1.82, 2.24) is 15.1 Å². The molecule has 0 unspecified atom stereocenters. The summed E-state index contributed by atoms with van der Waals surface area (Å²) < 4.78 is 7.39. The molecule has 2 aromatic rings. The third kappa shape index (κ3) is 4.70. The Morgan fingerprint density at radius 2 is 1.93 bits per heavy atom. The average Bonchev–Trinajstić information content (AvgIpc) is 2.94. The molecule has 1 aliphatic heterocycles. The van der Waals surface area contributed by atoms with Crippen LogP contribution in [0, 0.1) is 5.41 Å². The topological polar surface area (TPSA) is 56.2 Å². The van der Waals surface area contributed by atoms with Crippen LogP contribution in [0.1, 0.15) is 62.8 Å². The molecular formula is C21H27Cl2N3O2. The highest BCUT2D eigenvalue weighted by Gasteiger charge is 2.31. The quantitative estimate of drug-likeness (QED) is 0.735. The van der Waals surface area contributed by atoms with E-state index in [0.29, 0.717) is 35.4 Å². The predicted molar refractivity (Wildman–Crippen MR) is 113 cm³/mol. The van der Waals surface area contributed by atoms with E-state index in [0.717, 1.165) is 23.4 Å². The van der Waals surface area contributed by atoms with Gasteiger partial charge in [0.1, 0.15) is 0 Å². The van der Waals surface area contributed by atoms with Gasteiger partial charge in [-0.25, -0.2) is 4.68 Å². The maximum atomic E-state index is 13.1. The lowest BCUT2D eigenvalue weighted by atomic mass is 9.81. The van der Waals surface area contributed by atoms with Crippen LogP contribution >= 0.6 is 23.2 Å². The van der Waals surface area contributed by atoms with Crippen LogP contribution in [-0.4, -0.2) is 27.8 Å². The van der Waals surface area contributed by atoms with Gasteiger partial charge in [0.25, 0.3) is 5.91 Å². The smallest absolute Gasteiger partial charge is 0.272 e. The van der Waals surface area contributed by atoms with Crippen molar-refractivity contribution in [3.8, 4) is 5.69 Å². The molecule has 0 saturated carbocycles. The fourth-order valence-electron chi connectivity index (χ4n) is 3.99. The third-order valence-corrected chi connectivity index (χ3v) is 5.35. The second kappa shape index (κ2) is 7.69. The van der Waals surface area contributed by atoms with Crippen molar-refractivity contribution in [2.24, 2.45) is 5.41 Å². The van der Waals surface area contributed by atoms with E-state index >= 15 is 0 Å². The Hall–Kier alpha value is -1.56. The number of nitrogens with zero attached hydrogens (tertiary/aromatic N) is 2. The van der Waals surface area contributed by atoms with Crippen LogP contribution in [0.5, 0.6) is 0 Å². The van der Waals surface area contributed by atoms with E-state index in [-0.39, 0.29) is 16.9 Å². The number of benzene rings is 1. The Morgan fingerprint density at radius 3 is 2.57 bits per heavy atom. The Balaban J connectivity index is 1.97. The van der Waals surface area contributed by atoms with Gasteiger partial charge < -0.3 is 10.1 Å². The Labute approximate surface area is 176 Å². The van der Waals surface area contributed by atoms with Gasteiger partial charge >= 0.3 is 0 Å². The van der Waals surface area contributed by atoms with E-state index in [4.69, 9.17) is 27.9 Å². The molecule has 7 heteroatoms. The molecule has 0 fully saturated rings. The number of hydrogen-bond acceptors (Lipinski definition) is 3. The van der Waals surface area contributed by atoms with Crippen LogP contribution in [-0.2, 0) is 17.8 Å². The number of amides is 1. The summed E-state index contributed by atoms with van der Waals surface area (Å²) in [5.74, 6) is -0.185. The van der Waals surface area contributed by atoms with Crippen molar-refractivity contribution in [3.05, 3.63) is 45.2 Å². The van der Waals surface area contributed by atoms with Crippen LogP contribution in [0.25, 0.3) is 5.69 Å². The first-order chi connectivity index (χ1) is 13.0. The zero-order valence-corrected chi connectivity index (χ0v) is 18.5. The Bertz CT molecular complexity index is 898. The Morgan fingerprint density at radius 1 is 1.21 bits per heavy atom. The Kier molecular flexibility index (Phi) is 5.81. The fraction of sp³-hybridized carbons (Fsp3) is 0.524. The van der Waals surface area contributed by atoms with Crippen molar-refractivity contribution in [1.29, 1.82) is 0 Å². The maximum absolute atomic E-state index is 13.1. The highest BCUT2D eigenvalue weighted by molar-refractivity contribution is 6.42. The molecule has 0 radical (unpaired) electrons. The molecule has 0 saturated heterocycles. The maximum Gasteiger partial charge on any atom is 0.272 e. The summed E-state index contributed by atoms with van der Waals surface area (Å²) in [7, 11) is 0. The number of halogens is 2. The average molecular weight is 424 g/mol. The minimum atomic E-state index is -0.356. The van der Waals surface area contributed by atoms with Crippen molar-refractivity contribution in [2.75, 3.05) is 6.61 Å². The monoisotopic (exact) mass is 423 g/mol. The van der Waals surface area contributed by atoms with Crippen molar-refractivity contribution in [2.45, 2.75) is 59.6 Å². The molecule has 0 bridgehead atoms. The van der Waals surface area contributed by atoms with E-state index in [2.05, 4.69) is 31.2 Å². The predicted octanol–water partition coefficient (Wildman–Crippen LogP) is 5.20. The van der Waals surface area contributed by atoms with Gasteiger partial charge in [-0.3, -0.25) is 4.79 Å². The number of fused-ring (bicyclic) bond motifs is 1. The number of hydrogen-bond donors (Lipinski definition) is 1.